The summed E-state index contributed by atoms with van der Waals surface area (Å²) in [5, 5.41) is 7.95. The Kier molecular flexibility index (Phi) is 5.22. The van der Waals surface area contributed by atoms with Gasteiger partial charge in [-0.05, 0) is 42.8 Å². The number of alkyl halides is 1. The monoisotopic (exact) mass is 469 g/mol. The third kappa shape index (κ3) is 3.55. The normalized spacial score (nSPS) is 17.5. The van der Waals surface area contributed by atoms with E-state index in [0.717, 1.165) is 16.9 Å². The molecule has 0 saturated heterocycles. The number of fused-ring (bicyclic) bond motifs is 1. The Balaban J connectivity index is 1.44. The third-order valence-electron chi connectivity index (χ3n) is 5.87. The van der Waals surface area contributed by atoms with Gasteiger partial charge in [-0.1, -0.05) is 12.1 Å². The number of methoxy groups -OCH3 is 1. The molecule has 34 heavy (non-hydrogen) atoms. The number of halogens is 4. The molecule has 0 N–H and O–H groups in total. The van der Waals surface area contributed by atoms with Crippen LogP contribution in [0, 0.1) is 24.4 Å². The lowest BCUT2D eigenvalue weighted by molar-refractivity contribution is 0.213. The Morgan fingerprint density at radius 1 is 1.06 bits per heavy atom. The van der Waals surface area contributed by atoms with Crippen molar-refractivity contribution in [3.05, 3.63) is 88.8 Å². The molecule has 2 aromatic heterocycles. The summed E-state index contributed by atoms with van der Waals surface area (Å²) < 4.78 is 65.4. The predicted octanol–water partition coefficient (Wildman–Crippen LogP) is 4.99. The second-order valence-electron chi connectivity index (χ2n) is 8.03. The number of benzene rings is 2. The number of imidazole rings is 1. The number of aromatic nitrogens is 5. The number of hydrogen-bond acceptors (Lipinski definition) is 4. The highest BCUT2D eigenvalue weighted by atomic mass is 19.2. The maximum absolute atomic E-state index is 15.8. The Bertz CT molecular complexity index is 1400. The molecule has 1 aliphatic rings. The van der Waals surface area contributed by atoms with Crippen LogP contribution in [-0.2, 0) is 12.2 Å². The number of aryl methyl sites for hydroxylation is 1. The second-order valence-corrected chi connectivity index (χ2v) is 8.03. The average molecular weight is 469 g/mol. The van der Waals surface area contributed by atoms with Gasteiger partial charge in [-0.15, -0.1) is 10.2 Å². The van der Waals surface area contributed by atoms with Crippen molar-refractivity contribution in [2.24, 2.45) is 0 Å². The molecule has 0 aliphatic carbocycles. The Morgan fingerprint density at radius 3 is 2.50 bits per heavy atom. The van der Waals surface area contributed by atoms with Gasteiger partial charge < -0.3 is 13.9 Å². The number of ether oxygens (including phenoxy) is 1. The molecule has 0 amide bonds. The van der Waals surface area contributed by atoms with E-state index in [-0.39, 0.29) is 24.4 Å². The van der Waals surface area contributed by atoms with Gasteiger partial charge in [0.1, 0.15) is 5.75 Å². The van der Waals surface area contributed by atoms with Crippen LogP contribution in [-0.4, -0.2) is 31.4 Å². The molecule has 0 fully saturated rings. The Hall–Kier alpha value is -3.95. The zero-order valence-corrected chi connectivity index (χ0v) is 18.3. The fraction of sp³-hybridized carbons (Fsp3) is 0.208. The molecular formula is C24H19F4N5O. The summed E-state index contributed by atoms with van der Waals surface area (Å²) in [5.74, 6) is -3.61. The first kappa shape index (κ1) is 21.9. The minimum Gasteiger partial charge on any atom is -0.495 e. The van der Waals surface area contributed by atoms with E-state index in [1.807, 2.05) is 35.9 Å². The largest absolute Gasteiger partial charge is 0.495 e. The molecule has 1 aliphatic heterocycles. The molecular weight excluding hydrogens is 450 g/mol. The molecule has 174 valence electrons. The molecule has 1 atom stereocenters. The summed E-state index contributed by atoms with van der Waals surface area (Å²) in [6.07, 6.45) is 6.93. The van der Waals surface area contributed by atoms with Crippen LogP contribution in [0.15, 0.2) is 42.9 Å². The topological polar surface area (TPSA) is 57.8 Å². The van der Waals surface area contributed by atoms with Crippen LogP contribution in [0.2, 0.25) is 0 Å². The van der Waals surface area contributed by atoms with Crippen LogP contribution < -0.4 is 4.74 Å². The molecule has 0 unspecified atom stereocenters. The highest BCUT2D eigenvalue weighted by molar-refractivity contribution is 5.69. The third-order valence-corrected chi connectivity index (χ3v) is 5.87. The first-order valence-electron chi connectivity index (χ1n) is 10.4. The maximum Gasteiger partial charge on any atom is 0.197 e. The average Bonchev–Trinajstić information content (AvgIpc) is 3.53. The minimum absolute atomic E-state index is 0.0824. The molecule has 0 spiro atoms. The van der Waals surface area contributed by atoms with Gasteiger partial charge >= 0.3 is 0 Å². The second kappa shape index (κ2) is 8.12. The number of nitrogens with zero attached hydrogens (tertiary/aromatic N) is 5. The van der Waals surface area contributed by atoms with E-state index in [9.17, 15) is 13.2 Å². The lowest BCUT2D eigenvalue weighted by Gasteiger charge is -2.18. The molecule has 5 rings (SSSR count). The Labute approximate surface area is 192 Å². The van der Waals surface area contributed by atoms with Crippen LogP contribution in [0.4, 0.5) is 17.6 Å². The zero-order chi connectivity index (χ0) is 24.0. The van der Waals surface area contributed by atoms with Crippen molar-refractivity contribution in [1.29, 1.82) is 0 Å². The molecule has 0 radical (unpaired) electrons. The SMILES string of the molecule is COc1cc(/C=C/c2nnc3n2CC[C@]3(F)c2cc(F)c(F)c(F)c2)ccc1-n1cnc(C)c1. The minimum atomic E-state index is -2.28. The number of hydrogen-bond donors (Lipinski definition) is 0. The molecule has 3 heterocycles. The van der Waals surface area contributed by atoms with E-state index in [1.54, 1.807) is 25.6 Å². The fourth-order valence-electron chi connectivity index (χ4n) is 4.12. The van der Waals surface area contributed by atoms with Gasteiger partial charge in [0.2, 0.25) is 0 Å². The summed E-state index contributed by atoms with van der Waals surface area (Å²) in [6, 6.07) is 6.93. The van der Waals surface area contributed by atoms with E-state index in [4.69, 9.17) is 4.74 Å². The summed E-state index contributed by atoms with van der Waals surface area (Å²) in [5.41, 5.74) is -0.101. The lowest BCUT2D eigenvalue weighted by atomic mass is 9.93. The van der Waals surface area contributed by atoms with E-state index in [0.29, 0.717) is 23.7 Å². The summed E-state index contributed by atoms with van der Waals surface area (Å²) in [4.78, 5) is 4.23. The van der Waals surface area contributed by atoms with E-state index < -0.39 is 23.1 Å². The van der Waals surface area contributed by atoms with Gasteiger partial charge in [0.15, 0.2) is 34.8 Å². The first-order valence-corrected chi connectivity index (χ1v) is 10.4. The van der Waals surface area contributed by atoms with Crippen molar-refractivity contribution in [3.63, 3.8) is 0 Å². The van der Waals surface area contributed by atoms with Crippen molar-refractivity contribution in [3.8, 4) is 11.4 Å². The van der Waals surface area contributed by atoms with Crippen LogP contribution in [0.1, 0.15) is 34.9 Å². The van der Waals surface area contributed by atoms with Gasteiger partial charge in [0, 0.05) is 24.7 Å². The van der Waals surface area contributed by atoms with Crippen molar-refractivity contribution in [2.75, 3.05) is 7.11 Å². The molecule has 0 saturated carbocycles. The van der Waals surface area contributed by atoms with Gasteiger partial charge in [-0.3, -0.25) is 0 Å². The van der Waals surface area contributed by atoms with Gasteiger partial charge in [0.25, 0.3) is 0 Å². The van der Waals surface area contributed by atoms with Crippen molar-refractivity contribution in [1.82, 2.24) is 24.3 Å². The van der Waals surface area contributed by atoms with Gasteiger partial charge in [-0.25, -0.2) is 22.5 Å². The van der Waals surface area contributed by atoms with Crippen LogP contribution in [0.25, 0.3) is 17.8 Å². The van der Waals surface area contributed by atoms with E-state index in [1.165, 1.54) is 4.57 Å². The van der Waals surface area contributed by atoms with Crippen molar-refractivity contribution >= 4 is 12.2 Å². The molecule has 0 bridgehead atoms. The van der Waals surface area contributed by atoms with Gasteiger partial charge in [-0.2, -0.15) is 0 Å². The standard InChI is InChI=1S/C24H19F4N5O/c1-14-12-32(13-29-14)19-5-3-15(9-20(19)34-2)4-6-21-30-31-23-24(28,7-8-33(21)23)16-10-17(25)22(27)18(26)11-16/h3-6,9-13H,7-8H2,1-2H3/b6-4+/t24-/m0/s1. The molecule has 10 heteroatoms. The molecule has 6 nitrogen and oxygen atoms in total. The van der Waals surface area contributed by atoms with Crippen LogP contribution in [0.5, 0.6) is 5.75 Å². The van der Waals surface area contributed by atoms with Crippen molar-refractivity contribution in [2.45, 2.75) is 25.6 Å². The van der Waals surface area contributed by atoms with Crippen LogP contribution >= 0.6 is 0 Å². The summed E-state index contributed by atoms with van der Waals surface area (Å²) >= 11 is 0. The van der Waals surface area contributed by atoms with Crippen molar-refractivity contribution < 1.29 is 22.3 Å². The maximum atomic E-state index is 15.8. The highest BCUT2D eigenvalue weighted by Crippen LogP contribution is 2.42. The quantitative estimate of drug-likeness (QED) is 0.305. The summed E-state index contributed by atoms with van der Waals surface area (Å²) in [6.45, 7) is 2.09. The molecule has 2 aromatic carbocycles. The lowest BCUT2D eigenvalue weighted by Crippen LogP contribution is -2.20. The zero-order valence-electron chi connectivity index (χ0n) is 18.3. The Morgan fingerprint density at radius 2 is 1.82 bits per heavy atom. The van der Waals surface area contributed by atoms with Gasteiger partial charge in [0.05, 0.1) is 24.8 Å². The van der Waals surface area contributed by atoms with Crippen LogP contribution in [0.3, 0.4) is 0 Å². The smallest absolute Gasteiger partial charge is 0.197 e. The van der Waals surface area contributed by atoms with E-state index >= 15 is 4.39 Å². The fourth-order valence-corrected chi connectivity index (χ4v) is 4.12. The highest BCUT2D eigenvalue weighted by Gasteiger charge is 2.45. The number of rotatable bonds is 5. The van der Waals surface area contributed by atoms with E-state index in [2.05, 4.69) is 15.2 Å². The molecule has 4 aromatic rings. The summed E-state index contributed by atoms with van der Waals surface area (Å²) in [7, 11) is 1.57. The predicted molar refractivity (Wildman–Crippen MR) is 117 cm³/mol. The first-order chi connectivity index (χ1) is 16.3.